The zero-order chi connectivity index (χ0) is 27.8. The second kappa shape index (κ2) is 10.5. The molecule has 0 radical (unpaired) electrons. The number of aryl methyl sites for hydroxylation is 1. The summed E-state index contributed by atoms with van der Waals surface area (Å²) in [5.41, 5.74) is 4.64. The minimum absolute atomic E-state index is 0.0510. The Morgan fingerprint density at radius 3 is 2.61 bits per heavy atom. The van der Waals surface area contributed by atoms with E-state index >= 15 is 0 Å². The number of nitrogens with zero attached hydrogens (tertiary/aromatic N) is 8. The van der Waals surface area contributed by atoms with Crippen molar-refractivity contribution in [2.45, 2.75) is 18.4 Å². The molecule has 2 aromatic carbocycles. The standard InChI is InChI=1S/C31H28FN9/c1-39-28(11-14-34-39)36-31-33-13-10-27(35-31)23-12-15-41-29(17-23)37-38-30(41)26-20-40(18-21-6-3-2-4-7-21)19-25(26)22-8-5-9-24(32)16-22/h2-17,25-26H,18-20H2,1H3,(H,33,35,36)/t25-,26+/m0/s1. The van der Waals surface area contributed by atoms with Crippen LogP contribution in [0.15, 0.2) is 97.5 Å². The monoisotopic (exact) mass is 545 g/mol. The highest BCUT2D eigenvalue weighted by Gasteiger charge is 2.37. The van der Waals surface area contributed by atoms with E-state index in [0.29, 0.717) is 5.95 Å². The predicted molar refractivity (Wildman–Crippen MR) is 154 cm³/mol. The molecular weight excluding hydrogens is 517 g/mol. The fourth-order valence-electron chi connectivity index (χ4n) is 5.70. The van der Waals surface area contributed by atoms with Gasteiger partial charge in [0.2, 0.25) is 5.95 Å². The first-order valence-corrected chi connectivity index (χ1v) is 13.6. The third kappa shape index (κ3) is 5.05. The van der Waals surface area contributed by atoms with Crippen LogP contribution in [0.3, 0.4) is 0 Å². The van der Waals surface area contributed by atoms with E-state index in [-0.39, 0.29) is 17.7 Å². The molecule has 41 heavy (non-hydrogen) atoms. The molecule has 0 spiro atoms. The smallest absolute Gasteiger partial charge is 0.228 e. The van der Waals surface area contributed by atoms with E-state index in [1.54, 1.807) is 29.2 Å². The molecule has 0 bridgehead atoms. The van der Waals surface area contributed by atoms with Gasteiger partial charge >= 0.3 is 0 Å². The Bertz CT molecular complexity index is 1810. The highest BCUT2D eigenvalue weighted by Crippen LogP contribution is 2.40. The Balaban J connectivity index is 1.20. The Morgan fingerprint density at radius 2 is 1.78 bits per heavy atom. The molecule has 1 saturated heterocycles. The number of anilines is 2. The zero-order valence-corrected chi connectivity index (χ0v) is 22.5. The van der Waals surface area contributed by atoms with Gasteiger partial charge < -0.3 is 5.32 Å². The van der Waals surface area contributed by atoms with Crippen molar-refractivity contribution in [1.29, 1.82) is 0 Å². The molecule has 1 aliphatic rings. The lowest BCUT2D eigenvalue weighted by molar-refractivity contribution is 0.323. The second-order valence-electron chi connectivity index (χ2n) is 10.4. The Labute approximate surface area is 236 Å². The number of likely N-dealkylation sites (tertiary alicyclic amines) is 1. The molecule has 0 amide bonds. The summed E-state index contributed by atoms with van der Waals surface area (Å²) < 4.78 is 18.0. The number of rotatable bonds is 7. The van der Waals surface area contributed by atoms with Gasteiger partial charge in [-0.05, 0) is 41.5 Å². The fraction of sp³-hybridized carbons (Fsp3) is 0.194. The summed E-state index contributed by atoms with van der Waals surface area (Å²) in [4.78, 5) is 11.5. The van der Waals surface area contributed by atoms with Gasteiger partial charge in [-0.25, -0.2) is 14.4 Å². The second-order valence-corrected chi connectivity index (χ2v) is 10.4. The van der Waals surface area contributed by atoms with Crippen molar-refractivity contribution in [2.75, 3.05) is 18.4 Å². The van der Waals surface area contributed by atoms with Gasteiger partial charge in [0.25, 0.3) is 0 Å². The summed E-state index contributed by atoms with van der Waals surface area (Å²) in [6.07, 6.45) is 5.44. The van der Waals surface area contributed by atoms with Crippen LogP contribution in [0.1, 0.15) is 28.8 Å². The minimum Gasteiger partial charge on any atom is -0.309 e. The van der Waals surface area contributed by atoms with E-state index in [9.17, 15) is 4.39 Å². The first-order valence-electron chi connectivity index (χ1n) is 13.6. The number of benzene rings is 2. The normalized spacial score (nSPS) is 17.3. The molecule has 1 fully saturated rings. The molecule has 0 saturated carbocycles. The van der Waals surface area contributed by atoms with E-state index in [1.165, 1.54) is 11.6 Å². The topological polar surface area (TPSA) is 89.1 Å². The quantitative estimate of drug-likeness (QED) is 0.296. The van der Waals surface area contributed by atoms with Crippen LogP contribution < -0.4 is 5.32 Å². The number of hydrogen-bond acceptors (Lipinski definition) is 7. The van der Waals surface area contributed by atoms with Crippen LogP contribution in [-0.4, -0.2) is 52.3 Å². The number of aromatic nitrogens is 7. The van der Waals surface area contributed by atoms with Gasteiger partial charge in [0.15, 0.2) is 5.65 Å². The number of fused-ring (bicyclic) bond motifs is 1. The maximum atomic E-state index is 14.3. The lowest BCUT2D eigenvalue weighted by Crippen LogP contribution is -2.20. The van der Waals surface area contributed by atoms with Gasteiger partial charge in [-0.2, -0.15) is 5.10 Å². The summed E-state index contributed by atoms with van der Waals surface area (Å²) >= 11 is 0. The summed E-state index contributed by atoms with van der Waals surface area (Å²) in [5, 5.41) is 16.6. The van der Waals surface area contributed by atoms with Crippen LogP contribution in [0.5, 0.6) is 0 Å². The Kier molecular flexibility index (Phi) is 6.44. The third-order valence-electron chi connectivity index (χ3n) is 7.70. The summed E-state index contributed by atoms with van der Waals surface area (Å²) in [7, 11) is 1.85. The van der Waals surface area contributed by atoms with Crippen LogP contribution in [0.25, 0.3) is 16.9 Å². The highest BCUT2D eigenvalue weighted by molar-refractivity contribution is 5.65. The number of hydrogen-bond donors (Lipinski definition) is 1. The largest absolute Gasteiger partial charge is 0.309 e. The molecule has 2 atom stereocenters. The fourth-order valence-corrected chi connectivity index (χ4v) is 5.70. The molecule has 0 unspecified atom stereocenters. The van der Waals surface area contributed by atoms with Gasteiger partial charge in [0.1, 0.15) is 17.5 Å². The lowest BCUT2D eigenvalue weighted by Gasteiger charge is -2.17. The van der Waals surface area contributed by atoms with E-state index in [1.807, 2.05) is 54.0 Å². The van der Waals surface area contributed by atoms with Gasteiger partial charge in [-0.3, -0.25) is 14.0 Å². The molecule has 204 valence electrons. The van der Waals surface area contributed by atoms with E-state index in [4.69, 9.17) is 4.98 Å². The SMILES string of the molecule is Cn1nccc1Nc1nccc(-c2ccn3c([C@@H]4CN(Cc5ccccc5)C[C@H]4c4cccc(F)c4)nnc3c2)n1. The zero-order valence-electron chi connectivity index (χ0n) is 22.5. The molecule has 5 heterocycles. The highest BCUT2D eigenvalue weighted by atomic mass is 19.1. The van der Waals surface area contributed by atoms with Crippen molar-refractivity contribution in [3.8, 4) is 11.3 Å². The maximum absolute atomic E-state index is 14.3. The van der Waals surface area contributed by atoms with Crippen LogP contribution in [-0.2, 0) is 13.6 Å². The summed E-state index contributed by atoms with van der Waals surface area (Å²) in [6, 6.07) is 25.1. The van der Waals surface area contributed by atoms with E-state index in [2.05, 4.69) is 54.8 Å². The number of halogens is 1. The van der Waals surface area contributed by atoms with Crippen LogP contribution in [0, 0.1) is 5.82 Å². The summed E-state index contributed by atoms with van der Waals surface area (Å²) in [5.74, 6) is 2.07. The molecule has 7 rings (SSSR count). The van der Waals surface area contributed by atoms with E-state index in [0.717, 1.165) is 53.7 Å². The molecule has 1 aliphatic heterocycles. The van der Waals surface area contributed by atoms with E-state index < -0.39 is 0 Å². The maximum Gasteiger partial charge on any atom is 0.228 e. The van der Waals surface area contributed by atoms with Gasteiger partial charge in [-0.15, -0.1) is 10.2 Å². The number of nitrogens with one attached hydrogen (secondary N) is 1. The third-order valence-corrected chi connectivity index (χ3v) is 7.70. The number of pyridine rings is 1. The summed E-state index contributed by atoms with van der Waals surface area (Å²) in [6.45, 7) is 2.43. The average molecular weight is 546 g/mol. The molecule has 0 aliphatic carbocycles. The van der Waals surface area contributed by atoms with Crippen LogP contribution >= 0.6 is 0 Å². The van der Waals surface area contributed by atoms with Crippen LogP contribution in [0.4, 0.5) is 16.2 Å². The first kappa shape index (κ1) is 25.0. The predicted octanol–water partition coefficient (Wildman–Crippen LogP) is 5.19. The van der Waals surface area contributed by atoms with Gasteiger partial charge in [-0.1, -0.05) is 42.5 Å². The molecule has 4 aromatic heterocycles. The molecule has 1 N–H and O–H groups in total. The van der Waals surface area contributed by atoms with Crippen LogP contribution in [0.2, 0.25) is 0 Å². The Hall–Kier alpha value is -4.96. The van der Waals surface area contributed by atoms with Crippen molar-refractivity contribution in [1.82, 2.24) is 39.2 Å². The average Bonchev–Trinajstić information content (AvgIpc) is 3.72. The lowest BCUT2D eigenvalue weighted by atomic mass is 9.88. The minimum atomic E-state index is -0.222. The van der Waals surface area contributed by atoms with Crippen molar-refractivity contribution in [3.63, 3.8) is 0 Å². The first-order chi connectivity index (χ1) is 20.1. The van der Waals surface area contributed by atoms with Crippen molar-refractivity contribution >= 4 is 17.4 Å². The van der Waals surface area contributed by atoms with Gasteiger partial charge in [0.05, 0.1) is 11.9 Å². The van der Waals surface area contributed by atoms with Crippen molar-refractivity contribution in [3.05, 3.63) is 120 Å². The molecule has 9 nitrogen and oxygen atoms in total. The van der Waals surface area contributed by atoms with Crippen molar-refractivity contribution in [2.24, 2.45) is 7.05 Å². The molecule has 6 aromatic rings. The molecular formula is C31H28FN9. The van der Waals surface area contributed by atoms with Gasteiger partial charge in [0, 0.05) is 62.5 Å². The molecule has 10 heteroatoms. The Morgan fingerprint density at radius 1 is 0.902 bits per heavy atom. The van der Waals surface area contributed by atoms with Crippen molar-refractivity contribution < 1.29 is 4.39 Å².